The van der Waals surface area contributed by atoms with E-state index in [1.807, 2.05) is 25.1 Å². The van der Waals surface area contributed by atoms with Crippen molar-refractivity contribution in [2.75, 3.05) is 7.11 Å². The number of carbonyl (C=O) groups is 2. The molecule has 0 fully saturated rings. The third-order valence-corrected chi connectivity index (χ3v) is 5.31. The highest BCUT2D eigenvalue weighted by Crippen LogP contribution is 2.36. The van der Waals surface area contributed by atoms with Crippen molar-refractivity contribution in [2.24, 2.45) is 0 Å². The van der Waals surface area contributed by atoms with Crippen LogP contribution in [0.25, 0.3) is 0 Å². The minimum atomic E-state index is -0.993. The standard InChI is InChI=1S/C26H25NO8/c1-17-6-3-4-9-21(17)23(12-13-25(28)29)35-24-15-20(10-11-22(24)27(31)32)34-16-18-7-5-8-19(14-18)26(30)33-2/h3-11,14-15,23H,12-13,16H2,1-2H3,(H,28,29). The van der Waals surface area contributed by atoms with Crippen LogP contribution in [0, 0.1) is 17.0 Å². The number of aliphatic carboxylic acids is 1. The van der Waals surface area contributed by atoms with E-state index in [9.17, 15) is 19.7 Å². The monoisotopic (exact) mass is 479 g/mol. The Kier molecular flexibility index (Phi) is 8.39. The maximum Gasteiger partial charge on any atom is 0.337 e. The van der Waals surface area contributed by atoms with Gasteiger partial charge in [0.1, 0.15) is 18.5 Å². The van der Waals surface area contributed by atoms with Crippen LogP contribution >= 0.6 is 0 Å². The number of aryl methyl sites for hydroxylation is 1. The summed E-state index contributed by atoms with van der Waals surface area (Å²) in [5.41, 5.74) is 2.44. The van der Waals surface area contributed by atoms with Crippen LogP contribution in [0.5, 0.6) is 11.5 Å². The van der Waals surface area contributed by atoms with E-state index in [4.69, 9.17) is 19.3 Å². The number of nitro benzene ring substituents is 1. The van der Waals surface area contributed by atoms with Crippen LogP contribution in [0.3, 0.4) is 0 Å². The third-order valence-electron chi connectivity index (χ3n) is 5.31. The molecule has 0 aliphatic rings. The molecule has 0 amide bonds. The van der Waals surface area contributed by atoms with Crippen molar-refractivity contribution in [2.45, 2.75) is 32.5 Å². The van der Waals surface area contributed by atoms with Gasteiger partial charge >= 0.3 is 17.6 Å². The van der Waals surface area contributed by atoms with Crippen molar-refractivity contribution in [3.05, 3.63) is 99.1 Å². The van der Waals surface area contributed by atoms with E-state index in [2.05, 4.69) is 0 Å². The fourth-order valence-corrected chi connectivity index (χ4v) is 3.54. The molecule has 0 saturated heterocycles. The highest BCUT2D eigenvalue weighted by atomic mass is 16.6. The molecule has 3 aromatic carbocycles. The molecule has 9 heteroatoms. The Hall–Kier alpha value is -4.40. The number of nitrogens with zero attached hydrogens (tertiary/aromatic N) is 1. The number of carbonyl (C=O) groups excluding carboxylic acids is 1. The first kappa shape index (κ1) is 25.2. The number of hydrogen-bond donors (Lipinski definition) is 1. The number of carboxylic acid groups (broad SMARTS) is 1. The average Bonchev–Trinajstić information content (AvgIpc) is 2.85. The van der Waals surface area contributed by atoms with Gasteiger partial charge in [-0.2, -0.15) is 0 Å². The normalized spacial score (nSPS) is 11.4. The Balaban J connectivity index is 1.86. The summed E-state index contributed by atoms with van der Waals surface area (Å²) in [5.74, 6) is -1.18. The Morgan fingerprint density at radius 2 is 1.83 bits per heavy atom. The smallest absolute Gasteiger partial charge is 0.337 e. The fraction of sp³-hybridized carbons (Fsp3) is 0.231. The molecule has 0 aliphatic carbocycles. The molecule has 3 rings (SSSR count). The maximum atomic E-state index is 11.7. The van der Waals surface area contributed by atoms with Crippen molar-refractivity contribution >= 4 is 17.6 Å². The zero-order chi connectivity index (χ0) is 25.4. The molecule has 35 heavy (non-hydrogen) atoms. The SMILES string of the molecule is COC(=O)c1cccc(COc2ccc([N+](=O)[O-])c(OC(CCC(=O)O)c3ccccc3C)c2)c1. The number of nitro groups is 1. The second-order valence-corrected chi connectivity index (χ2v) is 7.76. The Bertz CT molecular complexity index is 1220. The molecule has 0 bridgehead atoms. The first-order valence-corrected chi connectivity index (χ1v) is 10.8. The van der Waals surface area contributed by atoms with Crippen LogP contribution in [-0.4, -0.2) is 29.1 Å². The molecule has 3 aromatic rings. The van der Waals surface area contributed by atoms with E-state index in [1.54, 1.807) is 30.3 Å². The number of carboxylic acids is 1. The third kappa shape index (κ3) is 6.80. The lowest BCUT2D eigenvalue weighted by atomic mass is 9.99. The van der Waals surface area contributed by atoms with E-state index in [-0.39, 0.29) is 30.9 Å². The minimum absolute atomic E-state index is 0.0329. The molecule has 182 valence electrons. The molecule has 0 saturated carbocycles. The molecule has 9 nitrogen and oxygen atoms in total. The highest BCUT2D eigenvalue weighted by molar-refractivity contribution is 5.89. The predicted octanol–water partition coefficient (Wildman–Crippen LogP) is 5.25. The minimum Gasteiger partial charge on any atom is -0.489 e. The van der Waals surface area contributed by atoms with Gasteiger partial charge in [-0.3, -0.25) is 14.9 Å². The molecular formula is C26H25NO8. The summed E-state index contributed by atoms with van der Waals surface area (Å²) in [7, 11) is 1.30. The van der Waals surface area contributed by atoms with Crippen LogP contribution in [-0.2, 0) is 16.1 Å². The molecule has 0 heterocycles. The van der Waals surface area contributed by atoms with Gasteiger partial charge in [0.2, 0.25) is 5.75 Å². The first-order chi connectivity index (χ1) is 16.8. The summed E-state index contributed by atoms with van der Waals surface area (Å²) in [6.07, 6.45) is -0.750. The van der Waals surface area contributed by atoms with E-state index < -0.39 is 23.0 Å². The maximum absolute atomic E-state index is 11.7. The summed E-state index contributed by atoms with van der Waals surface area (Å²) in [6, 6.07) is 18.2. The zero-order valence-corrected chi connectivity index (χ0v) is 19.3. The first-order valence-electron chi connectivity index (χ1n) is 10.8. The molecule has 1 unspecified atom stereocenters. The number of hydrogen-bond acceptors (Lipinski definition) is 7. The number of rotatable bonds is 11. The molecule has 1 N–H and O–H groups in total. The largest absolute Gasteiger partial charge is 0.489 e. The van der Waals surface area contributed by atoms with E-state index in [0.717, 1.165) is 11.1 Å². The Morgan fingerprint density at radius 1 is 1.06 bits per heavy atom. The number of ether oxygens (including phenoxy) is 3. The van der Waals surface area contributed by atoms with Gasteiger partial charge < -0.3 is 19.3 Å². The summed E-state index contributed by atoms with van der Waals surface area (Å²) in [4.78, 5) is 34.0. The summed E-state index contributed by atoms with van der Waals surface area (Å²) in [6.45, 7) is 1.96. The molecule has 0 aliphatic heterocycles. The van der Waals surface area contributed by atoms with Crippen molar-refractivity contribution in [3.8, 4) is 11.5 Å². The van der Waals surface area contributed by atoms with E-state index >= 15 is 0 Å². The van der Waals surface area contributed by atoms with Crippen molar-refractivity contribution in [1.29, 1.82) is 0 Å². The number of methoxy groups -OCH3 is 1. The second kappa shape index (κ2) is 11.6. The molecule has 1 atom stereocenters. The van der Waals surface area contributed by atoms with Gasteiger partial charge in [-0.1, -0.05) is 36.4 Å². The fourth-order valence-electron chi connectivity index (χ4n) is 3.54. The topological polar surface area (TPSA) is 125 Å². The average molecular weight is 479 g/mol. The van der Waals surface area contributed by atoms with Crippen LogP contribution in [0.2, 0.25) is 0 Å². The van der Waals surface area contributed by atoms with Gasteiger partial charge in [-0.15, -0.1) is 0 Å². The van der Waals surface area contributed by atoms with Crippen LogP contribution in [0.1, 0.15) is 46.0 Å². The van der Waals surface area contributed by atoms with E-state index in [1.165, 1.54) is 25.3 Å². The van der Waals surface area contributed by atoms with Gasteiger partial charge in [0.05, 0.1) is 17.6 Å². The summed E-state index contributed by atoms with van der Waals surface area (Å²) >= 11 is 0. The van der Waals surface area contributed by atoms with Crippen LogP contribution in [0.4, 0.5) is 5.69 Å². The number of benzene rings is 3. The van der Waals surface area contributed by atoms with Gasteiger partial charge in [-0.05, 0) is 48.2 Å². The van der Waals surface area contributed by atoms with Crippen molar-refractivity contribution < 1.29 is 33.8 Å². The second-order valence-electron chi connectivity index (χ2n) is 7.76. The van der Waals surface area contributed by atoms with E-state index in [0.29, 0.717) is 16.9 Å². The highest BCUT2D eigenvalue weighted by Gasteiger charge is 2.23. The predicted molar refractivity (Wildman–Crippen MR) is 127 cm³/mol. The van der Waals surface area contributed by atoms with Gasteiger partial charge in [0.15, 0.2) is 0 Å². The van der Waals surface area contributed by atoms with Crippen LogP contribution < -0.4 is 9.47 Å². The number of esters is 1. The molecule has 0 spiro atoms. The van der Waals surface area contributed by atoms with Crippen molar-refractivity contribution in [3.63, 3.8) is 0 Å². The quantitative estimate of drug-likeness (QED) is 0.224. The lowest BCUT2D eigenvalue weighted by molar-refractivity contribution is -0.386. The molecule has 0 aromatic heterocycles. The lowest BCUT2D eigenvalue weighted by Crippen LogP contribution is -2.12. The molecular weight excluding hydrogens is 454 g/mol. The lowest BCUT2D eigenvalue weighted by Gasteiger charge is -2.21. The Morgan fingerprint density at radius 3 is 2.51 bits per heavy atom. The van der Waals surface area contributed by atoms with Gasteiger partial charge in [-0.25, -0.2) is 4.79 Å². The summed E-state index contributed by atoms with van der Waals surface area (Å²) < 4.78 is 16.6. The van der Waals surface area contributed by atoms with Gasteiger partial charge in [0.25, 0.3) is 0 Å². The summed E-state index contributed by atoms with van der Waals surface area (Å²) in [5, 5.41) is 20.8. The zero-order valence-electron chi connectivity index (χ0n) is 19.3. The van der Waals surface area contributed by atoms with Crippen LogP contribution in [0.15, 0.2) is 66.7 Å². The molecule has 0 radical (unpaired) electrons. The van der Waals surface area contributed by atoms with Crippen molar-refractivity contribution in [1.82, 2.24) is 0 Å². The Labute approximate surface area is 202 Å². The van der Waals surface area contributed by atoms with Gasteiger partial charge in [0, 0.05) is 18.6 Å².